The van der Waals surface area contributed by atoms with Gasteiger partial charge in [-0.15, -0.1) is 0 Å². The fourth-order valence-corrected chi connectivity index (χ4v) is 1.87. The van der Waals surface area contributed by atoms with Crippen LogP contribution in [0.4, 0.5) is 8.78 Å². The van der Waals surface area contributed by atoms with Crippen LogP contribution in [0.3, 0.4) is 0 Å². The largest absolute Gasteiger partial charge is 0.392 e. The van der Waals surface area contributed by atoms with Gasteiger partial charge in [-0.2, -0.15) is 0 Å². The molecule has 2 nitrogen and oxygen atoms in total. The number of aliphatic hydroxyl groups is 1. The van der Waals surface area contributed by atoms with E-state index >= 15 is 0 Å². The second-order valence-electron chi connectivity index (χ2n) is 3.89. The Labute approximate surface area is 87.1 Å². The summed E-state index contributed by atoms with van der Waals surface area (Å²) in [6.45, 7) is 1.63. The lowest BCUT2D eigenvalue weighted by Gasteiger charge is -2.15. The minimum atomic E-state index is -0.813. The third-order valence-corrected chi connectivity index (χ3v) is 2.67. The van der Waals surface area contributed by atoms with Gasteiger partial charge in [-0.05, 0) is 12.5 Å². The van der Waals surface area contributed by atoms with Crippen molar-refractivity contribution >= 4 is 0 Å². The van der Waals surface area contributed by atoms with Gasteiger partial charge in [-0.25, -0.2) is 8.78 Å². The van der Waals surface area contributed by atoms with Crippen molar-refractivity contribution in [2.24, 2.45) is 0 Å². The number of aliphatic hydroxyl groups excluding tert-OH is 1. The number of nitrogens with zero attached hydrogens (tertiary/aromatic N) is 1. The molecule has 1 atom stereocenters. The minimum Gasteiger partial charge on any atom is -0.392 e. The summed E-state index contributed by atoms with van der Waals surface area (Å²) < 4.78 is 26.2. The van der Waals surface area contributed by atoms with E-state index < -0.39 is 11.6 Å². The molecule has 1 fully saturated rings. The van der Waals surface area contributed by atoms with Gasteiger partial charge >= 0.3 is 0 Å². The Morgan fingerprint density at radius 2 is 2.20 bits per heavy atom. The molecule has 1 saturated heterocycles. The molecule has 1 heterocycles. The summed E-state index contributed by atoms with van der Waals surface area (Å²) >= 11 is 0. The molecule has 82 valence electrons. The molecule has 1 aliphatic rings. The highest BCUT2D eigenvalue weighted by molar-refractivity contribution is 5.18. The number of hydrogen-bond donors (Lipinski definition) is 1. The normalized spacial score (nSPS) is 22.2. The summed E-state index contributed by atoms with van der Waals surface area (Å²) in [5.74, 6) is -1.59. The molecule has 1 aliphatic heterocycles. The lowest BCUT2D eigenvalue weighted by atomic mass is 10.2. The van der Waals surface area contributed by atoms with Crippen LogP contribution in [-0.2, 0) is 6.54 Å². The summed E-state index contributed by atoms with van der Waals surface area (Å²) in [6, 6.07) is 4.18. The van der Waals surface area contributed by atoms with Crippen molar-refractivity contribution in [2.75, 3.05) is 13.1 Å². The van der Waals surface area contributed by atoms with Gasteiger partial charge in [0.1, 0.15) is 0 Å². The number of β-amino-alcohol motifs (C(OH)–C–C–N with tert-alkyl or cyclic N) is 1. The summed E-state index contributed by atoms with van der Waals surface area (Å²) in [4.78, 5) is 1.92. The Morgan fingerprint density at radius 1 is 1.40 bits per heavy atom. The van der Waals surface area contributed by atoms with Crippen LogP contribution >= 0.6 is 0 Å². The van der Waals surface area contributed by atoms with Crippen LogP contribution in [-0.4, -0.2) is 29.2 Å². The summed E-state index contributed by atoms with van der Waals surface area (Å²) in [7, 11) is 0. The highest BCUT2D eigenvalue weighted by atomic mass is 19.2. The molecule has 0 saturated carbocycles. The molecular formula is C11H13F2NO. The molecule has 2 rings (SSSR count). The number of hydrogen-bond acceptors (Lipinski definition) is 2. The standard InChI is InChI=1S/C11H13F2NO/c12-10-3-1-2-8(11(10)13)6-14-5-4-9(15)7-14/h1-3,9,15H,4-7H2. The Kier molecular flexibility index (Phi) is 2.98. The fraction of sp³-hybridized carbons (Fsp3) is 0.455. The minimum absolute atomic E-state index is 0.332. The van der Waals surface area contributed by atoms with E-state index in [-0.39, 0.29) is 6.10 Å². The van der Waals surface area contributed by atoms with E-state index in [1.165, 1.54) is 6.07 Å². The fourth-order valence-electron chi connectivity index (χ4n) is 1.87. The van der Waals surface area contributed by atoms with Crippen LogP contribution in [0.15, 0.2) is 18.2 Å². The first-order chi connectivity index (χ1) is 7.16. The smallest absolute Gasteiger partial charge is 0.163 e. The van der Waals surface area contributed by atoms with Gasteiger partial charge < -0.3 is 5.11 Å². The van der Waals surface area contributed by atoms with Crippen LogP contribution in [0, 0.1) is 11.6 Å². The van der Waals surface area contributed by atoms with Gasteiger partial charge in [0.05, 0.1) is 6.10 Å². The number of benzene rings is 1. The van der Waals surface area contributed by atoms with E-state index in [1.54, 1.807) is 6.07 Å². The molecule has 1 aromatic carbocycles. The van der Waals surface area contributed by atoms with Gasteiger partial charge in [0.25, 0.3) is 0 Å². The molecule has 0 bridgehead atoms. The van der Waals surface area contributed by atoms with E-state index in [4.69, 9.17) is 0 Å². The number of likely N-dealkylation sites (tertiary alicyclic amines) is 1. The van der Waals surface area contributed by atoms with Gasteiger partial charge in [0.2, 0.25) is 0 Å². The zero-order chi connectivity index (χ0) is 10.8. The highest BCUT2D eigenvalue weighted by Crippen LogP contribution is 2.17. The average molecular weight is 213 g/mol. The van der Waals surface area contributed by atoms with Crippen molar-refractivity contribution in [1.82, 2.24) is 4.90 Å². The van der Waals surface area contributed by atoms with E-state index in [0.29, 0.717) is 25.1 Å². The van der Waals surface area contributed by atoms with Crippen LogP contribution in [0.1, 0.15) is 12.0 Å². The van der Waals surface area contributed by atoms with Crippen molar-refractivity contribution in [3.05, 3.63) is 35.4 Å². The molecular weight excluding hydrogens is 200 g/mol. The number of halogens is 2. The predicted molar refractivity (Wildman–Crippen MR) is 52.3 cm³/mol. The Morgan fingerprint density at radius 3 is 2.87 bits per heavy atom. The van der Waals surface area contributed by atoms with Gasteiger partial charge in [-0.1, -0.05) is 12.1 Å². The molecule has 0 radical (unpaired) electrons. The van der Waals surface area contributed by atoms with Gasteiger partial charge in [0, 0.05) is 25.2 Å². The first-order valence-corrected chi connectivity index (χ1v) is 5.00. The predicted octanol–water partition coefficient (Wildman–Crippen LogP) is 1.53. The third kappa shape index (κ3) is 2.33. The molecule has 15 heavy (non-hydrogen) atoms. The lowest BCUT2D eigenvalue weighted by molar-refractivity contribution is 0.174. The first kappa shape index (κ1) is 10.5. The second-order valence-corrected chi connectivity index (χ2v) is 3.89. The molecule has 4 heteroatoms. The third-order valence-electron chi connectivity index (χ3n) is 2.67. The molecule has 0 aromatic heterocycles. The van der Waals surface area contributed by atoms with Crippen molar-refractivity contribution < 1.29 is 13.9 Å². The van der Waals surface area contributed by atoms with E-state index in [1.807, 2.05) is 4.90 Å². The van der Waals surface area contributed by atoms with Crippen LogP contribution in [0.25, 0.3) is 0 Å². The topological polar surface area (TPSA) is 23.5 Å². The second kappa shape index (κ2) is 4.24. The van der Waals surface area contributed by atoms with E-state index in [0.717, 1.165) is 12.6 Å². The van der Waals surface area contributed by atoms with Gasteiger partial charge in [-0.3, -0.25) is 4.90 Å². The Balaban J connectivity index is 2.07. The monoisotopic (exact) mass is 213 g/mol. The van der Waals surface area contributed by atoms with E-state index in [2.05, 4.69) is 0 Å². The maximum atomic E-state index is 13.3. The molecule has 1 unspecified atom stereocenters. The Bertz CT molecular complexity index is 356. The molecule has 0 aliphatic carbocycles. The maximum Gasteiger partial charge on any atom is 0.163 e. The molecule has 1 N–H and O–H groups in total. The van der Waals surface area contributed by atoms with Gasteiger partial charge in [0.15, 0.2) is 11.6 Å². The zero-order valence-electron chi connectivity index (χ0n) is 8.29. The number of rotatable bonds is 2. The van der Waals surface area contributed by atoms with Crippen molar-refractivity contribution in [3.8, 4) is 0 Å². The zero-order valence-corrected chi connectivity index (χ0v) is 8.29. The SMILES string of the molecule is OC1CCN(Cc2cccc(F)c2F)C1. The Hall–Kier alpha value is -1.00. The molecule has 1 aromatic rings. The molecule has 0 amide bonds. The van der Waals surface area contributed by atoms with Crippen molar-refractivity contribution in [3.63, 3.8) is 0 Å². The average Bonchev–Trinajstić information content (AvgIpc) is 2.59. The summed E-state index contributed by atoms with van der Waals surface area (Å²) in [6.07, 6.45) is 0.373. The first-order valence-electron chi connectivity index (χ1n) is 5.00. The van der Waals surface area contributed by atoms with Crippen molar-refractivity contribution in [2.45, 2.75) is 19.1 Å². The van der Waals surface area contributed by atoms with Crippen LogP contribution < -0.4 is 0 Å². The quantitative estimate of drug-likeness (QED) is 0.805. The van der Waals surface area contributed by atoms with E-state index in [9.17, 15) is 13.9 Å². The van der Waals surface area contributed by atoms with Crippen LogP contribution in [0.2, 0.25) is 0 Å². The highest BCUT2D eigenvalue weighted by Gasteiger charge is 2.21. The maximum absolute atomic E-state index is 13.3. The lowest BCUT2D eigenvalue weighted by Crippen LogP contribution is -2.22. The summed E-state index contributed by atoms with van der Waals surface area (Å²) in [5, 5.41) is 9.29. The van der Waals surface area contributed by atoms with Crippen LogP contribution in [0.5, 0.6) is 0 Å². The van der Waals surface area contributed by atoms with Crippen molar-refractivity contribution in [1.29, 1.82) is 0 Å². The summed E-state index contributed by atoms with van der Waals surface area (Å²) in [5.41, 5.74) is 0.351. The molecule has 0 spiro atoms.